The molecule has 0 spiro atoms. The van der Waals surface area contributed by atoms with E-state index in [0.717, 1.165) is 12.8 Å². The van der Waals surface area contributed by atoms with E-state index < -0.39 is 5.41 Å². The fourth-order valence-electron chi connectivity index (χ4n) is 2.91. The molecule has 1 aliphatic heterocycles. The van der Waals surface area contributed by atoms with Crippen molar-refractivity contribution in [1.82, 2.24) is 4.90 Å². The SMILES string of the molecule is CCC(CC)(CO)CN1C(=O)CC(CC)(CC)C1=O. The smallest absolute Gasteiger partial charge is 0.235 e. The monoisotopic (exact) mass is 269 g/mol. The third-order valence-corrected chi connectivity index (χ3v) is 5.17. The van der Waals surface area contributed by atoms with Gasteiger partial charge in [-0.1, -0.05) is 27.7 Å². The molecule has 0 aromatic rings. The largest absolute Gasteiger partial charge is 0.396 e. The van der Waals surface area contributed by atoms with Crippen LogP contribution < -0.4 is 0 Å². The number of aliphatic hydroxyl groups is 1. The zero-order valence-electron chi connectivity index (χ0n) is 12.7. The van der Waals surface area contributed by atoms with Crippen LogP contribution in [0.4, 0.5) is 0 Å². The van der Waals surface area contributed by atoms with Crippen molar-refractivity contribution in [3.8, 4) is 0 Å². The molecule has 0 radical (unpaired) electrons. The van der Waals surface area contributed by atoms with Crippen LogP contribution in [0, 0.1) is 10.8 Å². The fraction of sp³-hybridized carbons (Fsp3) is 0.867. The molecule has 4 nitrogen and oxygen atoms in total. The Bertz CT molecular complexity index is 335. The van der Waals surface area contributed by atoms with Gasteiger partial charge in [0.25, 0.3) is 0 Å². The second-order valence-corrected chi connectivity index (χ2v) is 5.81. The molecular weight excluding hydrogens is 242 g/mol. The van der Waals surface area contributed by atoms with Crippen molar-refractivity contribution in [2.45, 2.75) is 59.8 Å². The second-order valence-electron chi connectivity index (χ2n) is 5.81. The number of imide groups is 1. The number of carbonyl (C=O) groups is 2. The molecule has 4 heteroatoms. The highest BCUT2D eigenvalue weighted by Crippen LogP contribution is 2.41. The molecule has 1 saturated heterocycles. The Morgan fingerprint density at radius 3 is 2.00 bits per heavy atom. The van der Waals surface area contributed by atoms with Crippen molar-refractivity contribution in [2.75, 3.05) is 13.2 Å². The molecule has 0 bridgehead atoms. The van der Waals surface area contributed by atoms with Gasteiger partial charge in [0.05, 0.1) is 12.0 Å². The van der Waals surface area contributed by atoms with Gasteiger partial charge in [-0.3, -0.25) is 14.5 Å². The predicted molar refractivity (Wildman–Crippen MR) is 74.5 cm³/mol. The molecule has 0 aromatic carbocycles. The van der Waals surface area contributed by atoms with Crippen LogP contribution in [-0.2, 0) is 9.59 Å². The van der Waals surface area contributed by atoms with Gasteiger partial charge in [0, 0.05) is 18.4 Å². The summed E-state index contributed by atoms with van der Waals surface area (Å²) in [5.74, 6) is -0.115. The van der Waals surface area contributed by atoms with Gasteiger partial charge in [0.2, 0.25) is 11.8 Å². The summed E-state index contributed by atoms with van der Waals surface area (Å²) in [6.45, 7) is 8.31. The summed E-state index contributed by atoms with van der Waals surface area (Å²) in [5, 5.41) is 9.60. The summed E-state index contributed by atoms with van der Waals surface area (Å²) in [5.41, 5.74) is -0.845. The summed E-state index contributed by atoms with van der Waals surface area (Å²) < 4.78 is 0. The average molecular weight is 269 g/mol. The Balaban J connectivity index is 2.96. The third kappa shape index (κ3) is 2.69. The molecular formula is C15H27NO3. The molecule has 0 unspecified atom stereocenters. The van der Waals surface area contributed by atoms with Crippen LogP contribution in [0.1, 0.15) is 59.8 Å². The van der Waals surface area contributed by atoms with E-state index in [9.17, 15) is 14.7 Å². The summed E-state index contributed by atoms with van der Waals surface area (Å²) >= 11 is 0. The maximum atomic E-state index is 12.5. The summed E-state index contributed by atoms with van der Waals surface area (Å²) in [6.07, 6.45) is 3.27. The topological polar surface area (TPSA) is 57.6 Å². The van der Waals surface area contributed by atoms with Crippen LogP contribution in [-0.4, -0.2) is 35.0 Å². The first kappa shape index (κ1) is 16.2. The van der Waals surface area contributed by atoms with Crippen LogP contribution in [0.2, 0.25) is 0 Å². The number of nitrogens with zero attached hydrogens (tertiary/aromatic N) is 1. The zero-order valence-corrected chi connectivity index (χ0v) is 12.7. The lowest BCUT2D eigenvalue weighted by Crippen LogP contribution is -2.44. The molecule has 1 heterocycles. The molecule has 2 amide bonds. The number of hydrogen-bond acceptors (Lipinski definition) is 3. The van der Waals surface area contributed by atoms with Gasteiger partial charge in [0.1, 0.15) is 0 Å². The summed E-state index contributed by atoms with van der Waals surface area (Å²) in [7, 11) is 0. The summed E-state index contributed by atoms with van der Waals surface area (Å²) in [4.78, 5) is 26.1. The van der Waals surface area contributed by atoms with E-state index in [2.05, 4.69) is 0 Å². The van der Waals surface area contributed by atoms with Crippen LogP contribution in [0.15, 0.2) is 0 Å². The Labute approximate surface area is 116 Å². The average Bonchev–Trinajstić information content (AvgIpc) is 2.69. The van der Waals surface area contributed by atoms with E-state index >= 15 is 0 Å². The minimum Gasteiger partial charge on any atom is -0.396 e. The summed E-state index contributed by atoms with van der Waals surface area (Å²) in [6, 6.07) is 0. The zero-order chi connectivity index (χ0) is 14.7. The molecule has 0 atom stereocenters. The highest BCUT2D eigenvalue weighted by atomic mass is 16.3. The number of amides is 2. The highest BCUT2D eigenvalue weighted by Gasteiger charge is 2.50. The third-order valence-electron chi connectivity index (χ3n) is 5.17. The molecule has 0 aliphatic carbocycles. The van der Waals surface area contributed by atoms with E-state index in [-0.39, 0.29) is 23.8 Å². The van der Waals surface area contributed by atoms with Gasteiger partial charge in [-0.25, -0.2) is 0 Å². The van der Waals surface area contributed by atoms with E-state index in [1.165, 1.54) is 4.90 Å². The maximum Gasteiger partial charge on any atom is 0.235 e. The van der Waals surface area contributed by atoms with Crippen LogP contribution >= 0.6 is 0 Å². The Kier molecular flexibility index (Phi) is 5.13. The normalized spacial score (nSPS) is 19.3. The van der Waals surface area contributed by atoms with Crippen molar-refractivity contribution in [3.05, 3.63) is 0 Å². The first-order chi connectivity index (χ1) is 8.94. The minimum absolute atomic E-state index is 0.0162. The number of likely N-dealkylation sites (tertiary alicyclic amines) is 1. The molecule has 110 valence electrons. The molecule has 1 fully saturated rings. The predicted octanol–water partition coefficient (Wildman–Crippen LogP) is 2.35. The van der Waals surface area contributed by atoms with E-state index in [1.807, 2.05) is 27.7 Å². The number of rotatable bonds is 7. The number of hydrogen-bond donors (Lipinski definition) is 1. The lowest BCUT2D eigenvalue weighted by Gasteiger charge is -2.34. The molecule has 1 aliphatic rings. The van der Waals surface area contributed by atoms with Crippen molar-refractivity contribution in [1.29, 1.82) is 0 Å². The number of aliphatic hydroxyl groups excluding tert-OH is 1. The number of carbonyl (C=O) groups excluding carboxylic acids is 2. The van der Waals surface area contributed by atoms with Crippen molar-refractivity contribution in [3.63, 3.8) is 0 Å². The Hall–Kier alpha value is -0.900. The van der Waals surface area contributed by atoms with Gasteiger partial charge in [-0.2, -0.15) is 0 Å². The van der Waals surface area contributed by atoms with Gasteiger partial charge in [0.15, 0.2) is 0 Å². The van der Waals surface area contributed by atoms with Gasteiger partial charge in [-0.15, -0.1) is 0 Å². The van der Waals surface area contributed by atoms with Gasteiger partial charge in [-0.05, 0) is 25.7 Å². The van der Waals surface area contributed by atoms with Crippen molar-refractivity contribution in [2.24, 2.45) is 10.8 Å². The Morgan fingerprint density at radius 1 is 1.16 bits per heavy atom. The molecule has 0 saturated carbocycles. The van der Waals surface area contributed by atoms with E-state index in [4.69, 9.17) is 0 Å². The molecule has 19 heavy (non-hydrogen) atoms. The first-order valence-electron chi connectivity index (χ1n) is 7.39. The molecule has 0 aromatic heterocycles. The van der Waals surface area contributed by atoms with E-state index in [1.54, 1.807) is 0 Å². The lowest BCUT2D eigenvalue weighted by molar-refractivity contribution is -0.144. The second kappa shape index (κ2) is 6.04. The lowest BCUT2D eigenvalue weighted by atomic mass is 9.80. The standard InChI is InChI=1S/C15H27NO3/c1-5-14(6-2,11-17)10-16-12(18)9-15(7-3,8-4)13(16)19/h17H,5-11H2,1-4H3. The Morgan fingerprint density at radius 2 is 1.68 bits per heavy atom. The van der Waals surface area contributed by atoms with E-state index in [0.29, 0.717) is 25.8 Å². The molecule has 1 N–H and O–H groups in total. The van der Waals surface area contributed by atoms with Gasteiger partial charge < -0.3 is 5.11 Å². The maximum absolute atomic E-state index is 12.5. The van der Waals surface area contributed by atoms with Gasteiger partial charge >= 0.3 is 0 Å². The first-order valence-corrected chi connectivity index (χ1v) is 7.39. The minimum atomic E-state index is -0.500. The van der Waals surface area contributed by atoms with Crippen molar-refractivity contribution >= 4 is 11.8 Å². The fourth-order valence-corrected chi connectivity index (χ4v) is 2.91. The molecule has 1 rings (SSSR count). The highest BCUT2D eigenvalue weighted by molar-refractivity contribution is 6.05. The van der Waals surface area contributed by atoms with Crippen LogP contribution in [0.3, 0.4) is 0 Å². The quantitative estimate of drug-likeness (QED) is 0.722. The van der Waals surface area contributed by atoms with Crippen molar-refractivity contribution < 1.29 is 14.7 Å². The van der Waals surface area contributed by atoms with Crippen LogP contribution in [0.25, 0.3) is 0 Å². The van der Waals surface area contributed by atoms with Crippen LogP contribution in [0.5, 0.6) is 0 Å².